The molecule has 1 N–H and O–H groups in total. The number of hydrogen-bond donors (Lipinski definition) is 1. The third kappa shape index (κ3) is 6.45. The molecule has 1 fully saturated rings. The minimum atomic E-state index is -0.505. The zero-order valence-electron chi connectivity index (χ0n) is 12.5. The minimum absolute atomic E-state index is 0.0722. The van der Waals surface area contributed by atoms with Crippen molar-refractivity contribution in [2.45, 2.75) is 52.1 Å². The van der Waals surface area contributed by atoms with Crippen molar-refractivity contribution in [2.75, 3.05) is 20.1 Å². The molecule has 0 aliphatic heterocycles. The number of carbonyl (C=O) groups excluding carboxylic acids is 2. The van der Waals surface area contributed by atoms with E-state index in [1.807, 2.05) is 27.8 Å². The molecule has 110 valence electrons. The van der Waals surface area contributed by atoms with E-state index in [0.29, 0.717) is 18.9 Å². The largest absolute Gasteiger partial charge is 0.444 e. The summed E-state index contributed by atoms with van der Waals surface area (Å²) in [5, 5.41) is 2.60. The molecule has 1 saturated carbocycles. The highest BCUT2D eigenvalue weighted by Crippen LogP contribution is 2.26. The molecule has 0 bridgehead atoms. The van der Waals surface area contributed by atoms with Crippen LogP contribution in [0.4, 0.5) is 4.79 Å². The molecule has 1 aliphatic carbocycles. The molecule has 0 spiro atoms. The number of carbonyl (C=O) groups is 2. The van der Waals surface area contributed by atoms with Gasteiger partial charge in [0.05, 0.1) is 0 Å². The number of ether oxygens (including phenoxy) is 1. The highest BCUT2D eigenvalue weighted by molar-refractivity contribution is 5.77. The molecule has 5 nitrogen and oxygen atoms in total. The molecule has 0 aromatic carbocycles. The lowest BCUT2D eigenvalue weighted by atomic mass is 9.85. The van der Waals surface area contributed by atoms with Gasteiger partial charge in [0, 0.05) is 26.6 Å². The molecule has 0 aromatic rings. The number of amides is 2. The van der Waals surface area contributed by atoms with Gasteiger partial charge in [0.2, 0.25) is 5.91 Å². The maximum Gasteiger partial charge on any atom is 0.407 e. The second-order valence-corrected chi connectivity index (χ2v) is 6.25. The summed E-state index contributed by atoms with van der Waals surface area (Å²) in [4.78, 5) is 25.0. The van der Waals surface area contributed by atoms with Crippen LogP contribution in [0.1, 0.15) is 46.5 Å². The van der Waals surface area contributed by atoms with E-state index in [9.17, 15) is 9.59 Å². The molecule has 1 aliphatic rings. The van der Waals surface area contributed by atoms with Crippen LogP contribution in [0.2, 0.25) is 0 Å². The van der Waals surface area contributed by atoms with E-state index >= 15 is 0 Å². The standard InChI is InChI=1S/C14H26N2O3/c1-14(2,3)19-13(18)15-9-8-12(17)16(4)10-11-6-5-7-11/h11H,5-10H2,1-4H3,(H,15,18). The lowest BCUT2D eigenvalue weighted by Crippen LogP contribution is -2.37. The van der Waals surface area contributed by atoms with E-state index in [1.165, 1.54) is 19.3 Å². The summed E-state index contributed by atoms with van der Waals surface area (Å²) in [6, 6.07) is 0. The summed E-state index contributed by atoms with van der Waals surface area (Å²) < 4.78 is 5.10. The average Bonchev–Trinajstić information content (AvgIpc) is 2.20. The quantitative estimate of drug-likeness (QED) is 0.833. The zero-order chi connectivity index (χ0) is 14.5. The van der Waals surface area contributed by atoms with E-state index in [1.54, 1.807) is 4.90 Å². The van der Waals surface area contributed by atoms with Crippen molar-refractivity contribution < 1.29 is 14.3 Å². The van der Waals surface area contributed by atoms with E-state index in [0.717, 1.165) is 6.54 Å². The normalized spacial score (nSPS) is 15.6. The van der Waals surface area contributed by atoms with Crippen LogP contribution in [-0.2, 0) is 9.53 Å². The average molecular weight is 270 g/mol. The molecule has 19 heavy (non-hydrogen) atoms. The van der Waals surface area contributed by atoms with Gasteiger partial charge in [0.25, 0.3) is 0 Å². The fourth-order valence-electron chi connectivity index (χ4n) is 1.94. The molecule has 0 saturated heterocycles. The predicted molar refractivity (Wildman–Crippen MR) is 73.8 cm³/mol. The molecule has 2 amide bonds. The van der Waals surface area contributed by atoms with Crippen LogP contribution in [0.3, 0.4) is 0 Å². The van der Waals surface area contributed by atoms with Gasteiger partial charge in [-0.05, 0) is 39.5 Å². The van der Waals surface area contributed by atoms with Crippen LogP contribution >= 0.6 is 0 Å². The molecule has 0 atom stereocenters. The van der Waals surface area contributed by atoms with Crippen molar-refractivity contribution in [3.05, 3.63) is 0 Å². The third-order valence-electron chi connectivity index (χ3n) is 3.19. The number of rotatable bonds is 5. The minimum Gasteiger partial charge on any atom is -0.444 e. The predicted octanol–water partition coefficient (Wildman–Crippen LogP) is 2.16. The fraction of sp³-hybridized carbons (Fsp3) is 0.857. The van der Waals surface area contributed by atoms with E-state index < -0.39 is 11.7 Å². The van der Waals surface area contributed by atoms with E-state index in [-0.39, 0.29) is 5.91 Å². The molecular weight excluding hydrogens is 244 g/mol. The molecule has 1 rings (SSSR count). The number of hydrogen-bond acceptors (Lipinski definition) is 3. The monoisotopic (exact) mass is 270 g/mol. The number of nitrogens with zero attached hydrogens (tertiary/aromatic N) is 1. The van der Waals surface area contributed by atoms with Gasteiger partial charge in [0.1, 0.15) is 5.60 Å². The fourth-order valence-corrected chi connectivity index (χ4v) is 1.94. The topological polar surface area (TPSA) is 58.6 Å². The SMILES string of the molecule is CN(CC1CCC1)C(=O)CCNC(=O)OC(C)(C)C. The van der Waals surface area contributed by atoms with E-state index in [2.05, 4.69) is 5.32 Å². The van der Waals surface area contributed by atoms with Gasteiger partial charge in [-0.25, -0.2) is 4.79 Å². The number of nitrogens with one attached hydrogen (secondary N) is 1. The van der Waals surface area contributed by atoms with Gasteiger partial charge < -0.3 is 15.0 Å². The maximum atomic E-state index is 11.8. The van der Waals surface area contributed by atoms with Crippen LogP contribution in [-0.4, -0.2) is 42.6 Å². The van der Waals surface area contributed by atoms with Crippen molar-refractivity contribution >= 4 is 12.0 Å². The Morgan fingerprint density at radius 1 is 1.32 bits per heavy atom. The lowest BCUT2D eigenvalue weighted by molar-refractivity contribution is -0.130. The summed E-state index contributed by atoms with van der Waals surface area (Å²) in [7, 11) is 1.83. The van der Waals surface area contributed by atoms with Crippen molar-refractivity contribution in [1.29, 1.82) is 0 Å². The summed E-state index contributed by atoms with van der Waals surface area (Å²) in [5.41, 5.74) is -0.505. The van der Waals surface area contributed by atoms with Crippen molar-refractivity contribution in [2.24, 2.45) is 5.92 Å². The lowest BCUT2D eigenvalue weighted by Gasteiger charge is -2.30. The third-order valence-corrected chi connectivity index (χ3v) is 3.19. The van der Waals surface area contributed by atoms with Crippen LogP contribution in [0, 0.1) is 5.92 Å². The van der Waals surface area contributed by atoms with Crippen molar-refractivity contribution in [1.82, 2.24) is 10.2 Å². The van der Waals surface area contributed by atoms with Gasteiger partial charge in [-0.15, -0.1) is 0 Å². The Labute approximate surface area is 115 Å². The number of alkyl carbamates (subject to hydrolysis) is 1. The summed E-state index contributed by atoms with van der Waals surface area (Å²) in [5.74, 6) is 0.746. The van der Waals surface area contributed by atoms with Gasteiger partial charge in [0.15, 0.2) is 0 Å². The van der Waals surface area contributed by atoms with Gasteiger partial charge in [-0.2, -0.15) is 0 Å². The molecule has 0 heterocycles. The van der Waals surface area contributed by atoms with Crippen LogP contribution in [0.15, 0.2) is 0 Å². The molecule has 0 unspecified atom stereocenters. The van der Waals surface area contributed by atoms with Gasteiger partial charge in [-0.3, -0.25) is 4.79 Å². The Balaban J connectivity index is 2.13. The molecule has 5 heteroatoms. The van der Waals surface area contributed by atoms with Crippen LogP contribution in [0.25, 0.3) is 0 Å². The Kier molecular flexibility index (Phi) is 5.63. The summed E-state index contributed by atoms with van der Waals surface area (Å²) in [6.45, 7) is 6.59. The Bertz CT molecular complexity index is 319. The Hall–Kier alpha value is -1.26. The first-order valence-corrected chi connectivity index (χ1v) is 6.99. The van der Waals surface area contributed by atoms with Gasteiger partial charge in [-0.1, -0.05) is 6.42 Å². The molecule has 0 aromatic heterocycles. The van der Waals surface area contributed by atoms with Crippen molar-refractivity contribution in [3.63, 3.8) is 0 Å². The highest BCUT2D eigenvalue weighted by atomic mass is 16.6. The second kappa shape index (κ2) is 6.78. The highest BCUT2D eigenvalue weighted by Gasteiger charge is 2.21. The first-order valence-electron chi connectivity index (χ1n) is 6.99. The van der Waals surface area contributed by atoms with Crippen LogP contribution in [0.5, 0.6) is 0 Å². The zero-order valence-corrected chi connectivity index (χ0v) is 12.5. The first kappa shape index (κ1) is 15.8. The Morgan fingerprint density at radius 3 is 2.42 bits per heavy atom. The second-order valence-electron chi connectivity index (χ2n) is 6.25. The van der Waals surface area contributed by atoms with Gasteiger partial charge >= 0.3 is 6.09 Å². The van der Waals surface area contributed by atoms with Crippen molar-refractivity contribution in [3.8, 4) is 0 Å². The van der Waals surface area contributed by atoms with E-state index in [4.69, 9.17) is 4.74 Å². The summed E-state index contributed by atoms with van der Waals surface area (Å²) >= 11 is 0. The summed E-state index contributed by atoms with van der Waals surface area (Å²) in [6.07, 6.45) is 3.60. The molecular formula is C14H26N2O3. The first-order chi connectivity index (χ1) is 8.78. The maximum absolute atomic E-state index is 11.8. The van der Waals surface area contributed by atoms with Crippen LogP contribution < -0.4 is 5.32 Å². The smallest absolute Gasteiger partial charge is 0.407 e. The molecule has 0 radical (unpaired) electrons. The Morgan fingerprint density at radius 2 is 1.95 bits per heavy atom.